The van der Waals surface area contributed by atoms with Crippen LogP contribution in [0.25, 0.3) is 0 Å². The van der Waals surface area contributed by atoms with Crippen LogP contribution < -0.4 is 0 Å². The van der Waals surface area contributed by atoms with E-state index in [0.717, 1.165) is 12.1 Å². The van der Waals surface area contributed by atoms with E-state index in [2.05, 4.69) is 9.97 Å². The summed E-state index contributed by atoms with van der Waals surface area (Å²) in [6, 6.07) is 3.49. The summed E-state index contributed by atoms with van der Waals surface area (Å²) < 4.78 is 31.9. The highest BCUT2D eigenvalue weighted by Gasteiger charge is 2.22. The van der Waals surface area contributed by atoms with E-state index in [1.165, 1.54) is 18.6 Å². The Morgan fingerprint density at radius 3 is 2.67 bits per heavy atom. The zero-order valence-corrected chi connectivity index (χ0v) is 9.27. The number of imidazole rings is 1. The number of hydrogen-bond donors (Lipinski definition) is 1. The number of H-pyrrole nitrogens is 1. The quantitative estimate of drug-likeness (QED) is 0.829. The number of aromatic nitrogens is 2. The summed E-state index contributed by atoms with van der Waals surface area (Å²) in [5, 5.41) is 0. The van der Waals surface area contributed by atoms with E-state index in [4.69, 9.17) is 4.74 Å². The van der Waals surface area contributed by atoms with Gasteiger partial charge in [0.15, 0.2) is 0 Å². The third-order valence-corrected chi connectivity index (χ3v) is 2.50. The van der Waals surface area contributed by atoms with Crippen molar-refractivity contribution in [1.82, 2.24) is 9.97 Å². The normalized spacial score (nSPS) is 12.1. The van der Waals surface area contributed by atoms with Gasteiger partial charge in [-0.2, -0.15) is 0 Å². The lowest BCUT2D eigenvalue weighted by Gasteiger charge is -2.16. The van der Waals surface area contributed by atoms with E-state index >= 15 is 0 Å². The van der Waals surface area contributed by atoms with Crippen molar-refractivity contribution in [3.63, 3.8) is 0 Å². The van der Waals surface area contributed by atoms with Crippen molar-refractivity contribution in [1.29, 1.82) is 0 Å². The molecule has 0 aliphatic rings. The fourth-order valence-electron chi connectivity index (χ4n) is 1.70. The Morgan fingerprint density at radius 2 is 2.11 bits per heavy atom. The zero-order chi connectivity index (χ0) is 13.0. The van der Waals surface area contributed by atoms with Gasteiger partial charge in [0.25, 0.3) is 6.47 Å². The fraction of sp³-hybridized carbons (Fsp3) is 0.167. The number of carbonyl (C=O) groups is 1. The molecule has 1 aromatic heterocycles. The Bertz CT molecular complexity index is 509. The molecule has 6 heteroatoms. The molecule has 1 unspecified atom stereocenters. The largest absolute Gasteiger partial charge is 0.459 e. The Balaban J connectivity index is 2.32. The molecule has 0 fully saturated rings. The summed E-state index contributed by atoms with van der Waals surface area (Å²) in [6.45, 7) is 0.174. The van der Waals surface area contributed by atoms with Gasteiger partial charge in [0, 0.05) is 18.3 Å². The summed E-state index contributed by atoms with van der Waals surface area (Å²) in [5.74, 6) is -1.50. The molecule has 1 aromatic carbocycles. The van der Waals surface area contributed by atoms with Crippen LogP contribution in [0.2, 0.25) is 0 Å². The molecule has 0 radical (unpaired) electrons. The molecule has 1 N–H and O–H groups in total. The second-order valence-electron chi connectivity index (χ2n) is 3.64. The Morgan fingerprint density at radius 1 is 1.39 bits per heavy atom. The van der Waals surface area contributed by atoms with Crippen molar-refractivity contribution < 1.29 is 18.3 Å². The summed E-state index contributed by atoms with van der Waals surface area (Å²) in [4.78, 5) is 17.0. The van der Waals surface area contributed by atoms with Gasteiger partial charge in [-0.25, -0.2) is 13.8 Å². The smallest absolute Gasteiger partial charge is 0.293 e. The average molecular weight is 252 g/mol. The van der Waals surface area contributed by atoms with Crippen LogP contribution in [-0.4, -0.2) is 16.4 Å². The van der Waals surface area contributed by atoms with E-state index in [1.807, 2.05) is 0 Å². The Kier molecular flexibility index (Phi) is 3.66. The minimum absolute atomic E-state index is 0.122. The molecule has 94 valence electrons. The first-order valence-electron chi connectivity index (χ1n) is 5.22. The molecule has 0 aliphatic heterocycles. The van der Waals surface area contributed by atoms with Gasteiger partial charge in [0.05, 0.1) is 11.9 Å². The third-order valence-electron chi connectivity index (χ3n) is 2.50. The van der Waals surface area contributed by atoms with Gasteiger partial charge in [-0.15, -0.1) is 0 Å². The zero-order valence-electron chi connectivity index (χ0n) is 9.27. The molecule has 2 rings (SSSR count). The monoisotopic (exact) mass is 252 g/mol. The molecule has 1 heterocycles. The molecular weight excluding hydrogens is 242 g/mol. The summed E-state index contributed by atoms with van der Waals surface area (Å²) in [5.41, 5.74) is 0.351. The van der Waals surface area contributed by atoms with Crippen LogP contribution in [0.5, 0.6) is 0 Å². The maximum absolute atomic E-state index is 13.6. The maximum Gasteiger partial charge on any atom is 0.293 e. The van der Waals surface area contributed by atoms with E-state index in [-0.39, 0.29) is 18.5 Å². The number of nitrogens with one attached hydrogen (secondary N) is 1. The molecule has 0 amide bonds. The molecule has 0 saturated heterocycles. The van der Waals surface area contributed by atoms with Crippen LogP contribution in [-0.2, 0) is 16.0 Å². The standard InChI is InChI=1S/C12H10F2N2O2/c13-9-2-1-3-10(14)12(9)11(18-7-17)4-8-5-15-6-16-8/h1-3,5-7,11H,4H2,(H,15,16). The van der Waals surface area contributed by atoms with Crippen LogP contribution in [0.3, 0.4) is 0 Å². The van der Waals surface area contributed by atoms with Gasteiger partial charge in [-0.3, -0.25) is 4.79 Å². The van der Waals surface area contributed by atoms with Crippen LogP contribution >= 0.6 is 0 Å². The van der Waals surface area contributed by atoms with Gasteiger partial charge < -0.3 is 9.72 Å². The van der Waals surface area contributed by atoms with Crippen molar-refractivity contribution in [3.05, 3.63) is 53.6 Å². The van der Waals surface area contributed by atoms with Crippen molar-refractivity contribution in [2.45, 2.75) is 12.5 Å². The van der Waals surface area contributed by atoms with Gasteiger partial charge in [-0.05, 0) is 12.1 Å². The van der Waals surface area contributed by atoms with Gasteiger partial charge in [0.1, 0.15) is 17.7 Å². The minimum atomic E-state index is -1.02. The van der Waals surface area contributed by atoms with E-state index in [1.54, 1.807) is 0 Å². The molecule has 0 spiro atoms. The van der Waals surface area contributed by atoms with Crippen molar-refractivity contribution in [2.75, 3.05) is 0 Å². The van der Waals surface area contributed by atoms with Crippen molar-refractivity contribution in [2.24, 2.45) is 0 Å². The highest BCUT2D eigenvalue weighted by molar-refractivity contribution is 5.39. The molecular formula is C12H10F2N2O2. The molecule has 0 saturated carbocycles. The Hall–Kier alpha value is -2.24. The number of halogens is 2. The lowest BCUT2D eigenvalue weighted by Crippen LogP contribution is -2.11. The molecule has 0 aliphatic carbocycles. The number of ether oxygens (including phenoxy) is 1. The van der Waals surface area contributed by atoms with Crippen molar-refractivity contribution >= 4 is 6.47 Å². The Labute approximate surface area is 102 Å². The first kappa shape index (κ1) is 12.2. The highest BCUT2D eigenvalue weighted by atomic mass is 19.1. The topological polar surface area (TPSA) is 55.0 Å². The highest BCUT2D eigenvalue weighted by Crippen LogP contribution is 2.26. The predicted molar refractivity (Wildman–Crippen MR) is 58.5 cm³/mol. The number of hydrogen-bond acceptors (Lipinski definition) is 3. The van der Waals surface area contributed by atoms with E-state index in [0.29, 0.717) is 5.69 Å². The van der Waals surface area contributed by atoms with E-state index < -0.39 is 17.7 Å². The number of carbonyl (C=O) groups excluding carboxylic acids is 1. The minimum Gasteiger partial charge on any atom is -0.459 e. The number of benzene rings is 1. The molecule has 1 atom stereocenters. The number of rotatable bonds is 5. The van der Waals surface area contributed by atoms with Gasteiger partial charge in [-0.1, -0.05) is 6.07 Å². The predicted octanol–water partition coefficient (Wildman–Crippen LogP) is 2.14. The van der Waals surface area contributed by atoms with Crippen LogP contribution in [0, 0.1) is 11.6 Å². The average Bonchev–Trinajstić information content (AvgIpc) is 2.82. The lowest BCUT2D eigenvalue weighted by molar-refractivity contribution is -0.134. The first-order valence-corrected chi connectivity index (χ1v) is 5.22. The van der Waals surface area contributed by atoms with Gasteiger partial charge in [0.2, 0.25) is 0 Å². The summed E-state index contributed by atoms with van der Waals surface area (Å²) in [6.07, 6.45) is 2.03. The molecule has 18 heavy (non-hydrogen) atoms. The maximum atomic E-state index is 13.6. The summed E-state index contributed by atoms with van der Waals surface area (Å²) >= 11 is 0. The SMILES string of the molecule is O=COC(Cc1cnc[nH]1)c1c(F)cccc1F. The van der Waals surface area contributed by atoms with E-state index in [9.17, 15) is 13.6 Å². The summed E-state index contributed by atoms with van der Waals surface area (Å²) in [7, 11) is 0. The van der Waals surface area contributed by atoms with Crippen LogP contribution in [0.4, 0.5) is 8.78 Å². The van der Waals surface area contributed by atoms with Gasteiger partial charge >= 0.3 is 0 Å². The molecule has 4 nitrogen and oxygen atoms in total. The lowest BCUT2D eigenvalue weighted by atomic mass is 10.0. The number of aromatic amines is 1. The second kappa shape index (κ2) is 5.39. The fourth-order valence-corrected chi connectivity index (χ4v) is 1.70. The first-order chi connectivity index (χ1) is 8.72. The molecule has 2 aromatic rings. The van der Waals surface area contributed by atoms with Crippen LogP contribution in [0.1, 0.15) is 17.4 Å². The number of nitrogens with zero attached hydrogens (tertiary/aromatic N) is 1. The van der Waals surface area contributed by atoms with Crippen molar-refractivity contribution in [3.8, 4) is 0 Å². The second-order valence-corrected chi connectivity index (χ2v) is 3.64. The van der Waals surface area contributed by atoms with Crippen LogP contribution in [0.15, 0.2) is 30.7 Å². The molecule has 0 bridgehead atoms. The third kappa shape index (κ3) is 2.53.